The molecule has 0 saturated heterocycles. The van der Waals surface area contributed by atoms with Gasteiger partial charge in [0.15, 0.2) is 5.78 Å². The molecule has 0 aliphatic rings. The molecule has 2 aromatic heterocycles. The molecule has 0 saturated carbocycles. The molecular formula is C23H14F2N2O. The van der Waals surface area contributed by atoms with Crippen LogP contribution in [0.15, 0.2) is 85.2 Å². The number of aromatic nitrogens is 2. The number of rotatable bonds is 4. The van der Waals surface area contributed by atoms with Crippen LogP contribution in [0.4, 0.5) is 8.78 Å². The smallest absolute Gasteiger partial charge is 0.197 e. The Balaban J connectivity index is 1.88. The number of ketones is 1. The Hall–Kier alpha value is -3.73. The lowest BCUT2D eigenvalue weighted by molar-refractivity contribution is 0.103. The fourth-order valence-corrected chi connectivity index (χ4v) is 3.06. The van der Waals surface area contributed by atoms with Crippen LogP contribution in [0.1, 0.15) is 15.9 Å². The number of benzene rings is 2. The Kier molecular flexibility index (Phi) is 4.72. The first-order chi connectivity index (χ1) is 13.7. The third kappa shape index (κ3) is 3.18. The molecule has 0 fully saturated rings. The van der Waals surface area contributed by atoms with Gasteiger partial charge in [-0.15, -0.1) is 0 Å². The van der Waals surface area contributed by atoms with Crippen LogP contribution in [-0.4, -0.2) is 15.8 Å². The molecule has 0 N–H and O–H groups in total. The van der Waals surface area contributed by atoms with Gasteiger partial charge in [0.05, 0.1) is 11.4 Å². The van der Waals surface area contributed by atoms with Gasteiger partial charge in [0.2, 0.25) is 0 Å². The number of carbonyl (C=O) groups is 1. The lowest BCUT2D eigenvalue weighted by Gasteiger charge is -2.12. The first-order valence-electron chi connectivity index (χ1n) is 8.61. The molecule has 0 spiro atoms. The molecule has 0 atom stereocenters. The molecule has 4 aromatic rings. The summed E-state index contributed by atoms with van der Waals surface area (Å²) in [7, 11) is 0. The zero-order chi connectivity index (χ0) is 19.5. The van der Waals surface area contributed by atoms with Crippen LogP contribution in [0.3, 0.4) is 0 Å². The Morgan fingerprint density at radius 3 is 1.46 bits per heavy atom. The minimum atomic E-state index is -0.476. The van der Waals surface area contributed by atoms with E-state index in [1.54, 1.807) is 60.7 Å². The van der Waals surface area contributed by atoms with Gasteiger partial charge >= 0.3 is 0 Å². The normalized spacial score (nSPS) is 10.6. The number of nitrogens with zero attached hydrogens (tertiary/aromatic N) is 2. The molecule has 0 aliphatic heterocycles. The van der Waals surface area contributed by atoms with E-state index in [1.807, 2.05) is 0 Å². The Bertz CT molecular complexity index is 1080. The number of pyridine rings is 2. The average molecular weight is 372 g/mol. The summed E-state index contributed by atoms with van der Waals surface area (Å²) in [5, 5.41) is 0. The van der Waals surface area contributed by atoms with Crippen molar-refractivity contribution >= 4 is 5.78 Å². The maximum atomic E-state index is 14.3. The second-order valence-corrected chi connectivity index (χ2v) is 6.09. The summed E-state index contributed by atoms with van der Waals surface area (Å²) >= 11 is 0. The summed E-state index contributed by atoms with van der Waals surface area (Å²) in [5.74, 6) is -1.36. The van der Waals surface area contributed by atoms with E-state index in [9.17, 15) is 13.6 Å². The zero-order valence-electron chi connectivity index (χ0n) is 14.6. The van der Waals surface area contributed by atoms with Crippen molar-refractivity contribution < 1.29 is 13.6 Å². The van der Waals surface area contributed by atoms with Crippen LogP contribution in [0.25, 0.3) is 22.5 Å². The van der Waals surface area contributed by atoms with Gasteiger partial charge in [-0.3, -0.25) is 14.8 Å². The molecule has 0 amide bonds. The first-order valence-corrected chi connectivity index (χ1v) is 8.61. The number of hydrogen-bond donors (Lipinski definition) is 0. The quantitative estimate of drug-likeness (QED) is 0.455. The van der Waals surface area contributed by atoms with Gasteiger partial charge in [-0.2, -0.15) is 0 Å². The van der Waals surface area contributed by atoms with Crippen molar-refractivity contribution in [2.75, 3.05) is 0 Å². The van der Waals surface area contributed by atoms with Crippen molar-refractivity contribution in [1.82, 2.24) is 9.97 Å². The number of hydrogen-bond acceptors (Lipinski definition) is 3. The van der Waals surface area contributed by atoms with Crippen molar-refractivity contribution in [2.45, 2.75) is 0 Å². The van der Waals surface area contributed by atoms with Gasteiger partial charge in [0, 0.05) is 34.6 Å². The van der Waals surface area contributed by atoms with Gasteiger partial charge in [-0.25, -0.2) is 8.78 Å². The van der Waals surface area contributed by atoms with E-state index < -0.39 is 17.4 Å². The molecule has 2 aromatic carbocycles. The summed E-state index contributed by atoms with van der Waals surface area (Å²) in [6.07, 6.45) is 3.00. The van der Waals surface area contributed by atoms with Crippen molar-refractivity contribution in [2.24, 2.45) is 0 Å². The molecular weight excluding hydrogens is 358 g/mol. The van der Waals surface area contributed by atoms with Crippen LogP contribution in [0.5, 0.6) is 0 Å². The second kappa shape index (κ2) is 7.48. The highest BCUT2D eigenvalue weighted by atomic mass is 19.1. The average Bonchev–Trinajstić information content (AvgIpc) is 2.74. The zero-order valence-corrected chi connectivity index (χ0v) is 14.6. The third-order valence-electron chi connectivity index (χ3n) is 4.36. The lowest BCUT2D eigenvalue weighted by Crippen LogP contribution is -2.08. The van der Waals surface area contributed by atoms with E-state index in [-0.39, 0.29) is 33.6 Å². The maximum Gasteiger partial charge on any atom is 0.197 e. The number of halogens is 2. The second-order valence-electron chi connectivity index (χ2n) is 6.09. The monoisotopic (exact) mass is 372 g/mol. The molecule has 2 heterocycles. The highest BCUT2D eigenvalue weighted by molar-refractivity contribution is 6.15. The third-order valence-corrected chi connectivity index (χ3v) is 4.36. The molecule has 0 unspecified atom stereocenters. The van der Waals surface area contributed by atoms with E-state index >= 15 is 0 Å². The molecule has 3 nitrogen and oxygen atoms in total. The van der Waals surface area contributed by atoms with Crippen LogP contribution in [-0.2, 0) is 0 Å². The molecule has 4 rings (SSSR count). The highest BCUT2D eigenvalue weighted by Crippen LogP contribution is 2.29. The van der Waals surface area contributed by atoms with Gasteiger partial charge < -0.3 is 0 Å². The predicted molar refractivity (Wildman–Crippen MR) is 103 cm³/mol. The van der Waals surface area contributed by atoms with Crippen molar-refractivity contribution in [3.63, 3.8) is 0 Å². The van der Waals surface area contributed by atoms with E-state index in [1.165, 1.54) is 24.5 Å². The van der Waals surface area contributed by atoms with Gasteiger partial charge in [0.25, 0.3) is 0 Å². The Labute approximate surface area is 160 Å². The largest absolute Gasteiger partial charge is 0.288 e. The molecule has 28 heavy (non-hydrogen) atoms. The minimum absolute atomic E-state index is 0.221. The van der Waals surface area contributed by atoms with Crippen LogP contribution in [0, 0.1) is 11.6 Å². The minimum Gasteiger partial charge on any atom is -0.288 e. The van der Waals surface area contributed by atoms with Gasteiger partial charge in [-0.1, -0.05) is 24.3 Å². The van der Waals surface area contributed by atoms with Crippen LogP contribution < -0.4 is 0 Å². The molecule has 0 radical (unpaired) electrons. The molecule has 0 bridgehead atoms. The van der Waals surface area contributed by atoms with Crippen molar-refractivity contribution in [3.05, 3.63) is 108 Å². The topological polar surface area (TPSA) is 42.9 Å². The molecule has 136 valence electrons. The summed E-state index contributed by atoms with van der Waals surface area (Å²) < 4.78 is 28.6. The fourth-order valence-electron chi connectivity index (χ4n) is 3.06. The molecule has 5 heteroatoms. The fraction of sp³-hybridized carbons (Fsp3) is 0. The van der Waals surface area contributed by atoms with Crippen molar-refractivity contribution in [1.29, 1.82) is 0 Å². The summed E-state index contributed by atoms with van der Waals surface area (Å²) in [6.45, 7) is 0. The Morgan fingerprint density at radius 1 is 0.607 bits per heavy atom. The number of carbonyl (C=O) groups excluding carboxylic acids is 1. The highest BCUT2D eigenvalue weighted by Gasteiger charge is 2.22. The van der Waals surface area contributed by atoms with Crippen LogP contribution >= 0.6 is 0 Å². The molecule has 0 aliphatic carbocycles. The predicted octanol–water partition coefficient (Wildman–Crippen LogP) is 5.32. The van der Waals surface area contributed by atoms with E-state index in [0.29, 0.717) is 0 Å². The van der Waals surface area contributed by atoms with E-state index in [2.05, 4.69) is 9.97 Å². The van der Waals surface area contributed by atoms with Gasteiger partial charge in [0.1, 0.15) is 11.6 Å². The lowest BCUT2D eigenvalue weighted by atomic mass is 9.95. The standard InChI is InChI=1S/C23H14F2N2O/c24-19-11-3-1-7-15(19)21-17(9-5-13-26-21)23(28)18-10-6-14-27-22(18)16-8-2-4-12-20(16)25/h1-14H. The Morgan fingerprint density at radius 2 is 1.04 bits per heavy atom. The van der Waals surface area contributed by atoms with Gasteiger partial charge in [-0.05, 0) is 48.5 Å². The summed E-state index contributed by atoms with van der Waals surface area (Å²) in [4.78, 5) is 21.8. The van der Waals surface area contributed by atoms with E-state index in [4.69, 9.17) is 0 Å². The SMILES string of the molecule is O=C(c1cccnc1-c1ccccc1F)c1cccnc1-c1ccccc1F. The van der Waals surface area contributed by atoms with Crippen molar-refractivity contribution in [3.8, 4) is 22.5 Å². The summed E-state index contributed by atoms with van der Waals surface area (Å²) in [6, 6.07) is 18.6. The van der Waals surface area contributed by atoms with Crippen LogP contribution in [0.2, 0.25) is 0 Å². The first kappa shape index (κ1) is 17.7. The van der Waals surface area contributed by atoms with E-state index in [0.717, 1.165) is 0 Å². The summed E-state index contributed by atoms with van der Waals surface area (Å²) in [5.41, 5.74) is 1.35. The maximum absolute atomic E-state index is 14.3.